The third kappa shape index (κ3) is 2.22. The van der Waals surface area contributed by atoms with Crippen LogP contribution in [0.2, 0.25) is 0 Å². The first kappa shape index (κ1) is 9.44. The van der Waals surface area contributed by atoms with Gasteiger partial charge in [0, 0.05) is 19.1 Å². The van der Waals surface area contributed by atoms with Crippen LogP contribution < -0.4 is 5.32 Å². The zero-order valence-electron chi connectivity index (χ0n) is 8.41. The Balaban J connectivity index is 1.88. The van der Waals surface area contributed by atoms with Gasteiger partial charge in [-0.3, -0.25) is 4.90 Å². The van der Waals surface area contributed by atoms with E-state index in [1.807, 2.05) is 0 Å². The Morgan fingerprint density at radius 1 is 1.38 bits per heavy atom. The Kier molecular flexibility index (Phi) is 3.19. The van der Waals surface area contributed by atoms with E-state index < -0.39 is 0 Å². The molecule has 13 heavy (non-hydrogen) atoms. The predicted molar refractivity (Wildman–Crippen MR) is 51.6 cm³/mol. The fourth-order valence-corrected chi connectivity index (χ4v) is 2.26. The van der Waals surface area contributed by atoms with Crippen molar-refractivity contribution < 1.29 is 4.74 Å². The van der Waals surface area contributed by atoms with Gasteiger partial charge in [-0.2, -0.15) is 0 Å². The first-order chi connectivity index (χ1) is 6.38. The minimum Gasteiger partial charge on any atom is -0.360 e. The lowest BCUT2D eigenvalue weighted by atomic mass is 10.0. The van der Waals surface area contributed by atoms with Crippen LogP contribution in [0.15, 0.2) is 0 Å². The summed E-state index contributed by atoms with van der Waals surface area (Å²) in [5.74, 6) is 0. The van der Waals surface area contributed by atoms with Gasteiger partial charge < -0.3 is 4.74 Å². The highest BCUT2D eigenvalue weighted by atomic mass is 16.5. The normalized spacial score (nSPS) is 37.6. The number of hydrogen-bond donors (Lipinski definition) is 0. The molecule has 0 N–H and O–H groups in total. The molecule has 0 spiro atoms. The van der Waals surface area contributed by atoms with Crippen molar-refractivity contribution in [2.75, 3.05) is 26.2 Å². The van der Waals surface area contributed by atoms with E-state index in [0.29, 0.717) is 6.04 Å². The summed E-state index contributed by atoms with van der Waals surface area (Å²) in [6.07, 6.45) is 4.30. The third-order valence-corrected chi connectivity index (χ3v) is 3.07. The van der Waals surface area contributed by atoms with E-state index in [1.54, 1.807) is 0 Å². The molecule has 2 heterocycles. The first-order valence-corrected chi connectivity index (χ1v) is 5.38. The molecule has 3 heteroatoms. The molecule has 0 saturated carbocycles. The van der Waals surface area contributed by atoms with Crippen molar-refractivity contribution >= 4 is 0 Å². The molecule has 2 saturated heterocycles. The number of ether oxygens (including phenoxy) is 1. The number of rotatable bonds is 1. The molecular formula is C10H19N2O. The van der Waals surface area contributed by atoms with Crippen LogP contribution in [-0.4, -0.2) is 43.4 Å². The minimum atomic E-state index is 0.282. The molecule has 75 valence electrons. The lowest BCUT2D eigenvalue weighted by Crippen LogP contribution is -2.52. The molecule has 1 radical (unpaired) electrons. The lowest BCUT2D eigenvalue weighted by Gasteiger charge is -2.40. The van der Waals surface area contributed by atoms with Crippen LogP contribution >= 0.6 is 0 Å². The Morgan fingerprint density at radius 2 is 2.31 bits per heavy atom. The average molecular weight is 183 g/mol. The molecule has 2 aliphatic rings. The van der Waals surface area contributed by atoms with Gasteiger partial charge in [0.25, 0.3) is 0 Å². The molecule has 2 aliphatic heterocycles. The van der Waals surface area contributed by atoms with E-state index in [2.05, 4.69) is 17.1 Å². The number of piperidine rings is 1. The van der Waals surface area contributed by atoms with Crippen molar-refractivity contribution in [1.82, 2.24) is 10.2 Å². The van der Waals surface area contributed by atoms with E-state index in [4.69, 9.17) is 4.74 Å². The monoisotopic (exact) mass is 183 g/mol. The summed E-state index contributed by atoms with van der Waals surface area (Å²) in [6, 6.07) is 0.687. The van der Waals surface area contributed by atoms with Crippen molar-refractivity contribution in [3.63, 3.8) is 0 Å². The summed E-state index contributed by atoms with van der Waals surface area (Å²) in [4.78, 5) is 2.48. The topological polar surface area (TPSA) is 26.6 Å². The van der Waals surface area contributed by atoms with E-state index in [-0.39, 0.29) is 6.23 Å². The van der Waals surface area contributed by atoms with Crippen LogP contribution in [-0.2, 0) is 4.74 Å². The van der Waals surface area contributed by atoms with Gasteiger partial charge in [-0.15, -0.1) is 0 Å². The predicted octanol–water partition coefficient (Wildman–Crippen LogP) is 0.821. The summed E-state index contributed by atoms with van der Waals surface area (Å²) in [5.41, 5.74) is 0. The molecule has 2 fully saturated rings. The highest BCUT2D eigenvalue weighted by molar-refractivity contribution is 4.78. The molecule has 2 atom stereocenters. The average Bonchev–Trinajstić information content (AvgIpc) is 2.20. The van der Waals surface area contributed by atoms with Crippen LogP contribution in [0, 0.1) is 0 Å². The Hall–Kier alpha value is -0.120. The van der Waals surface area contributed by atoms with E-state index in [0.717, 1.165) is 19.7 Å². The second kappa shape index (κ2) is 4.40. The molecule has 2 unspecified atom stereocenters. The summed E-state index contributed by atoms with van der Waals surface area (Å²) in [6.45, 7) is 6.08. The van der Waals surface area contributed by atoms with Gasteiger partial charge in [0.1, 0.15) is 6.23 Å². The second-order valence-corrected chi connectivity index (χ2v) is 4.04. The van der Waals surface area contributed by atoms with Crippen molar-refractivity contribution in [2.45, 2.75) is 38.5 Å². The van der Waals surface area contributed by atoms with Gasteiger partial charge >= 0.3 is 0 Å². The van der Waals surface area contributed by atoms with E-state index >= 15 is 0 Å². The van der Waals surface area contributed by atoms with Gasteiger partial charge in [0.05, 0.1) is 13.2 Å². The Morgan fingerprint density at radius 3 is 3.00 bits per heavy atom. The SMILES string of the molecule is CC1CCCCN1C1C[N]CCO1. The van der Waals surface area contributed by atoms with E-state index in [9.17, 15) is 0 Å². The number of nitrogens with zero attached hydrogens (tertiary/aromatic N) is 2. The maximum atomic E-state index is 5.72. The number of likely N-dealkylation sites (tertiary alicyclic amines) is 1. The van der Waals surface area contributed by atoms with Crippen molar-refractivity contribution in [2.24, 2.45) is 0 Å². The molecule has 2 rings (SSSR count). The molecular weight excluding hydrogens is 164 g/mol. The van der Waals surface area contributed by atoms with Gasteiger partial charge in [0.15, 0.2) is 0 Å². The van der Waals surface area contributed by atoms with Crippen molar-refractivity contribution in [3.05, 3.63) is 0 Å². The standard InChI is InChI=1S/C10H19N2O/c1-9-4-2-3-6-12(9)10-8-11-5-7-13-10/h9-10H,2-8H2,1H3. The zero-order valence-corrected chi connectivity index (χ0v) is 8.41. The first-order valence-electron chi connectivity index (χ1n) is 5.38. The number of hydrogen-bond acceptors (Lipinski definition) is 2. The summed E-state index contributed by atoms with van der Waals surface area (Å²) < 4.78 is 5.72. The zero-order chi connectivity index (χ0) is 9.10. The van der Waals surface area contributed by atoms with Crippen LogP contribution in [0.3, 0.4) is 0 Å². The van der Waals surface area contributed by atoms with Crippen LogP contribution in [0.1, 0.15) is 26.2 Å². The molecule has 0 aromatic carbocycles. The molecule has 3 nitrogen and oxygen atoms in total. The van der Waals surface area contributed by atoms with Crippen molar-refractivity contribution in [1.29, 1.82) is 0 Å². The number of morpholine rings is 1. The summed E-state index contributed by atoms with van der Waals surface area (Å²) in [7, 11) is 0. The molecule has 0 aliphatic carbocycles. The quantitative estimate of drug-likeness (QED) is 0.601. The molecule has 0 aromatic rings. The smallest absolute Gasteiger partial charge is 0.125 e. The van der Waals surface area contributed by atoms with Crippen LogP contribution in [0.25, 0.3) is 0 Å². The maximum Gasteiger partial charge on any atom is 0.125 e. The summed E-state index contributed by atoms with van der Waals surface area (Å²) >= 11 is 0. The second-order valence-electron chi connectivity index (χ2n) is 4.04. The van der Waals surface area contributed by atoms with Gasteiger partial charge in [-0.25, -0.2) is 5.32 Å². The third-order valence-electron chi connectivity index (χ3n) is 3.07. The minimum absolute atomic E-state index is 0.282. The van der Waals surface area contributed by atoms with Crippen LogP contribution in [0.5, 0.6) is 0 Å². The van der Waals surface area contributed by atoms with Gasteiger partial charge in [-0.1, -0.05) is 6.42 Å². The van der Waals surface area contributed by atoms with Crippen LogP contribution in [0.4, 0.5) is 0 Å². The lowest BCUT2D eigenvalue weighted by molar-refractivity contribution is -0.0996. The molecule has 0 aromatic heterocycles. The van der Waals surface area contributed by atoms with Crippen molar-refractivity contribution in [3.8, 4) is 0 Å². The maximum absolute atomic E-state index is 5.72. The Labute approximate surface area is 80.4 Å². The Bertz CT molecular complexity index is 157. The largest absolute Gasteiger partial charge is 0.360 e. The van der Waals surface area contributed by atoms with Gasteiger partial charge in [0.2, 0.25) is 0 Å². The molecule has 0 amide bonds. The fourth-order valence-electron chi connectivity index (χ4n) is 2.26. The fraction of sp³-hybridized carbons (Fsp3) is 1.00. The van der Waals surface area contributed by atoms with E-state index in [1.165, 1.54) is 25.8 Å². The highest BCUT2D eigenvalue weighted by Gasteiger charge is 2.27. The summed E-state index contributed by atoms with van der Waals surface area (Å²) in [5, 5.41) is 4.40. The molecule has 0 bridgehead atoms. The van der Waals surface area contributed by atoms with Gasteiger partial charge in [-0.05, 0) is 19.8 Å². The highest BCUT2D eigenvalue weighted by Crippen LogP contribution is 2.20.